The summed E-state index contributed by atoms with van der Waals surface area (Å²) in [6, 6.07) is 18.4. The molecule has 1 unspecified atom stereocenters. The molecule has 0 N–H and O–H groups in total. The van der Waals surface area contributed by atoms with Gasteiger partial charge in [0.25, 0.3) is 5.56 Å². The predicted octanol–water partition coefficient (Wildman–Crippen LogP) is 4.39. The molecule has 0 aliphatic rings. The van der Waals surface area contributed by atoms with Gasteiger partial charge in [0.05, 0.1) is 34.6 Å². The first-order valence-electron chi connectivity index (χ1n) is 10.9. The molecule has 1 heterocycles. The second-order valence-electron chi connectivity index (χ2n) is 8.35. The van der Waals surface area contributed by atoms with Gasteiger partial charge >= 0.3 is 0 Å². The van der Waals surface area contributed by atoms with E-state index in [4.69, 9.17) is 9.72 Å². The first-order valence-corrected chi connectivity index (χ1v) is 12.3. The lowest BCUT2D eigenvalue weighted by Crippen LogP contribution is -2.35. The maximum atomic E-state index is 13.6. The van der Waals surface area contributed by atoms with Crippen LogP contribution in [-0.2, 0) is 10.0 Å². The van der Waals surface area contributed by atoms with Crippen LogP contribution >= 0.6 is 0 Å². The summed E-state index contributed by atoms with van der Waals surface area (Å²) in [4.78, 5) is 18.5. The summed E-state index contributed by atoms with van der Waals surface area (Å²) in [6.45, 7) is 5.65. The Kier molecular flexibility index (Phi) is 6.29. The fourth-order valence-electron chi connectivity index (χ4n) is 4.04. The van der Waals surface area contributed by atoms with Crippen molar-refractivity contribution in [3.05, 3.63) is 94.0 Å². The van der Waals surface area contributed by atoms with Crippen molar-refractivity contribution in [1.29, 1.82) is 0 Å². The maximum absolute atomic E-state index is 13.6. The largest absolute Gasteiger partial charge is 0.497 e. The predicted molar refractivity (Wildman–Crippen MR) is 133 cm³/mol. The zero-order valence-corrected chi connectivity index (χ0v) is 20.6. The van der Waals surface area contributed by atoms with Crippen molar-refractivity contribution in [2.45, 2.75) is 31.7 Å². The lowest BCUT2D eigenvalue weighted by atomic mass is 10.1. The highest BCUT2D eigenvalue weighted by molar-refractivity contribution is 7.89. The molecule has 4 rings (SSSR count). The number of aromatic nitrogens is 2. The number of benzene rings is 3. The highest BCUT2D eigenvalue weighted by atomic mass is 32.2. The van der Waals surface area contributed by atoms with E-state index in [0.29, 0.717) is 28.2 Å². The molecule has 176 valence electrons. The Bertz CT molecular complexity index is 1510. The molecule has 0 amide bonds. The van der Waals surface area contributed by atoms with Gasteiger partial charge in [0.15, 0.2) is 0 Å². The highest BCUT2D eigenvalue weighted by Crippen LogP contribution is 2.28. The van der Waals surface area contributed by atoms with E-state index in [1.54, 1.807) is 37.3 Å². The van der Waals surface area contributed by atoms with E-state index < -0.39 is 16.1 Å². The molecule has 0 fully saturated rings. The van der Waals surface area contributed by atoms with Crippen LogP contribution in [-0.4, -0.2) is 36.4 Å². The lowest BCUT2D eigenvalue weighted by Gasteiger charge is -2.26. The van der Waals surface area contributed by atoms with Crippen molar-refractivity contribution >= 4 is 20.9 Å². The van der Waals surface area contributed by atoms with Crippen molar-refractivity contribution in [2.75, 3.05) is 14.2 Å². The first kappa shape index (κ1) is 23.7. The van der Waals surface area contributed by atoms with Crippen LogP contribution in [0.3, 0.4) is 0 Å². The molecule has 7 nitrogen and oxygen atoms in total. The molecule has 8 heteroatoms. The number of methoxy groups -OCH3 is 1. The molecule has 0 aliphatic carbocycles. The molecule has 0 radical (unpaired) electrons. The summed E-state index contributed by atoms with van der Waals surface area (Å²) in [5.74, 6) is 0.905. The normalized spacial score (nSPS) is 12.8. The Morgan fingerprint density at radius 1 is 0.971 bits per heavy atom. The number of aryl methyl sites for hydroxylation is 2. The third-order valence-electron chi connectivity index (χ3n) is 5.92. The fraction of sp³-hybridized carbons (Fsp3) is 0.231. The van der Waals surface area contributed by atoms with Crippen LogP contribution in [0, 0.1) is 13.8 Å². The van der Waals surface area contributed by atoms with Gasteiger partial charge in [-0.3, -0.25) is 9.36 Å². The van der Waals surface area contributed by atoms with Crippen LogP contribution in [0.1, 0.15) is 29.9 Å². The average molecular weight is 478 g/mol. The number of rotatable bonds is 6. The summed E-state index contributed by atoms with van der Waals surface area (Å²) < 4.78 is 34.7. The standard InChI is InChI=1S/C26H27N3O4S/c1-17-14-18(2)16-20(15-17)29-25(27-24-9-7-6-8-23(24)26(29)30)19(3)28(4)34(31,32)22-12-10-21(33-5)11-13-22/h6-16,19H,1-5H3. The second-order valence-corrected chi connectivity index (χ2v) is 10.3. The number of para-hydroxylation sites is 1. The van der Waals surface area contributed by atoms with Crippen molar-refractivity contribution in [2.24, 2.45) is 0 Å². The lowest BCUT2D eigenvalue weighted by molar-refractivity contribution is 0.379. The maximum Gasteiger partial charge on any atom is 0.266 e. The molecule has 3 aromatic carbocycles. The third kappa shape index (κ3) is 4.22. The number of nitrogens with zero attached hydrogens (tertiary/aromatic N) is 3. The van der Waals surface area contributed by atoms with Gasteiger partial charge in [-0.15, -0.1) is 0 Å². The number of ether oxygens (including phenoxy) is 1. The monoisotopic (exact) mass is 477 g/mol. The Morgan fingerprint density at radius 3 is 2.21 bits per heavy atom. The van der Waals surface area contributed by atoms with Gasteiger partial charge in [-0.1, -0.05) is 18.2 Å². The Labute approximate surface area is 199 Å². The van der Waals surface area contributed by atoms with E-state index in [9.17, 15) is 13.2 Å². The summed E-state index contributed by atoms with van der Waals surface area (Å²) >= 11 is 0. The van der Waals surface area contributed by atoms with Gasteiger partial charge < -0.3 is 4.74 Å². The van der Waals surface area contributed by atoms with Gasteiger partial charge in [-0.05, 0) is 80.4 Å². The molecule has 1 aromatic heterocycles. The van der Waals surface area contributed by atoms with Gasteiger partial charge in [0, 0.05) is 7.05 Å². The quantitative estimate of drug-likeness (QED) is 0.411. The second kappa shape index (κ2) is 9.04. The Hall–Kier alpha value is -3.49. The summed E-state index contributed by atoms with van der Waals surface area (Å²) in [5, 5.41) is 0.471. The van der Waals surface area contributed by atoms with Crippen LogP contribution < -0.4 is 10.3 Å². The Balaban J connectivity index is 1.91. The van der Waals surface area contributed by atoms with Gasteiger partial charge in [-0.2, -0.15) is 4.31 Å². The number of hydrogen-bond acceptors (Lipinski definition) is 5. The van der Waals surface area contributed by atoms with Crippen LogP contribution in [0.15, 0.2) is 76.4 Å². The van der Waals surface area contributed by atoms with Crippen molar-refractivity contribution in [3.63, 3.8) is 0 Å². The van der Waals surface area contributed by atoms with Crippen molar-refractivity contribution in [1.82, 2.24) is 13.9 Å². The van der Waals surface area contributed by atoms with Gasteiger partial charge in [0.1, 0.15) is 11.6 Å². The van der Waals surface area contributed by atoms with E-state index in [1.807, 2.05) is 38.1 Å². The molecule has 0 saturated heterocycles. The number of hydrogen-bond donors (Lipinski definition) is 0. The van der Waals surface area contributed by atoms with Crippen molar-refractivity contribution in [3.8, 4) is 11.4 Å². The van der Waals surface area contributed by atoms with Crippen LogP contribution in [0.4, 0.5) is 0 Å². The minimum absolute atomic E-state index is 0.128. The fourth-order valence-corrected chi connectivity index (χ4v) is 5.37. The third-order valence-corrected chi connectivity index (χ3v) is 7.86. The minimum Gasteiger partial charge on any atom is -0.497 e. The van der Waals surface area contributed by atoms with Crippen molar-refractivity contribution < 1.29 is 13.2 Å². The number of fused-ring (bicyclic) bond motifs is 1. The molecule has 0 spiro atoms. The molecule has 0 saturated carbocycles. The van der Waals surface area contributed by atoms with Crippen LogP contribution in [0.2, 0.25) is 0 Å². The number of sulfonamides is 1. The van der Waals surface area contributed by atoms with E-state index in [1.165, 1.54) is 35.2 Å². The molecule has 1 atom stereocenters. The summed E-state index contributed by atoms with van der Waals surface area (Å²) in [7, 11) is -0.850. The Morgan fingerprint density at radius 2 is 1.59 bits per heavy atom. The molecule has 0 bridgehead atoms. The van der Waals surface area contributed by atoms with Gasteiger partial charge in [-0.25, -0.2) is 13.4 Å². The zero-order valence-electron chi connectivity index (χ0n) is 19.8. The van der Waals surface area contributed by atoms with E-state index in [0.717, 1.165) is 11.1 Å². The average Bonchev–Trinajstić information content (AvgIpc) is 2.82. The summed E-state index contributed by atoms with van der Waals surface area (Å²) in [6.07, 6.45) is 0. The first-order chi connectivity index (χ1) is 16.1. The van der Waals surface area contributed by atoms with Gasteiger partial charge in [0.2, 0.25) is 10.0 Å². The minimum atomic E-state index is -3.87. The molecule has 0 aliphatic heterocycles. The summed E-state index contributed by atoms with van der Waals surface area (Å²) in [5.41, 5.74) is 2.91. The SMILES string of the molecule is COc1ccc(S(=O)(=O)N(C)C(C)c2nc3ccccc3c(=O)n2-c2cc(C)cc(C)c2)cc1. The van der Waals surface area contributed by atoms with Crippen LogP contribution in [0.25, 0.3) is 16.6 Å². The molecule has 34 heavy (non-hydrogen) atoms. The van der Waals surface area contributed by atoms with E-state index in [2.05, 4.69) is 0 Å². The smallest absolute Gasteiger partial charge is 0.266 e. The molecule has 4 aromatic rings. The van der Waals surface area contributed by atoms with Crippen LogP contribution in [0.5, 0.6) is 5.75 Å². The molecular weight excluding hydrogens is 450 g/mol. The molecular formula is C26H27N3O4S. The van der Waals surface area contributed by atoms with E-state index >= 15 is 0 Å². The topological polar surface area (TPSA) is 81.5 Å². The van der Waals surface area contributed by atoms with E-state index in [-0.39, 0.29) is 10.5 Å². The zero-order chi connectivity index (χ0) is 24.6. The highest BCUT2D eigenvalue weighted by Gasteiger charge is 2.30.